The van der Waals surface area contributed by atoms with Crippen LogP contribution in [0.25, 0.3) is 0 Å². The van der Waals surface area contributed by atoms with E-state index in [1.54, 1.807) is 0 Å². The lowest BCUT2D eigenvalue weighted by molar-refractivity contribution is -0.161. The Hall–Kier alpha value is -1.13. The van der Waals surface area contributed by atoms with Gasteiger partial charge >= 0.3 is 5.97 Å². The predicted molar refractivity (Wildman–Crippen MR) is 104 cm³/mol. The van der Waals surface area contributed by atoms with Crippen LogP contribution in [0.1, 0.15) is 78.1 Å². The van der Waals surface area contributed by atoms with Crippen molar-refractivity contribution in [1.29, 1.82) is 0 Å². The third-order valence-electron chi connectivity index (χ3n) is 8.01. The van der Waals surface area contributed by atoms with Gasteiger partial charge in [0.25, 0.3) is 0 Å². The molecule has 0 aromatic carbocycles. The Morgan fingerprint density at radius 3 is 2.93 bits per heavy atom. The van der Waals surface area contributed by atoms with E-state index in [0.717, 1.165) is 51.4 Å². The SMILES string of the molecule is CCCCC(O)/C=C1\CC2=CCC3(C)C(CC[C@@]34CCC(=O)O4)C2[C@H](O)C1. The van der Waals surface area contributed by atoms with Crippen LogP contribution >= 0.6 is 0 Å². The lowest BCUT2D eigenvalue weighted by Gasteiger charge is -2.51. The standard InChI is InChI=1S/C23H34O4/c1-3-4-5-17(24)13-15-12-16-6-9-22(2)18(21(16)19(25)14-15)7-10-23(22)11-8-20(26)27-23/h6,13,17-19,21,24-25H,3-5,7-12,14H2,1-2H3/b15-13+/t17?,18?,19-,21?,22?,23-/m1/s1. The Bertz CT molecular complexity index is 665. The third kappa shape index (κ3) is 3.09. The molecule has 0 amide bonds. The highest BCUT2D eigenvalue weighted by atomic mass is 16.6. The van der Waals surface area contributed by atoms with Gasteiger partial charge in [-0.1, -0.05) is 50.0 Å². The molecule has 4 heteroatoms. The molecule has 0 bridgehead atoms. The minimum atomic E-state index is -0.397. The number of aliphatic hydroxyl groups excluding tert-OH is 2. The highest BCUT2D eigenvalue weighted by molar-refractivity contribution is 5.72. The fourth-order valence-electron chi connectivity index (χ4n) is 6.51. The minimum absolute atomic E-state index is 0.0536. The summed E-state index contributed by atoms with van der Waals surface area (Å²) in [4.78, 5) is 11.9. The van der Waals surface area contributed by atoms with Gasteiger partial charge in [0.05, 0.1) is 12.2 Å². The van der Waals surface area contributed by atoms with Gasteiger partial charge in [0.2, 0.25) is 0 Å². The molecule has 4 aliphatic rings. The van der Waals surface area contributed by atoms with Gasteiger partial charge in [-0.05, 0) is 50.9 Å². The van der Waals surface area contributed by atoms with E-state index < -0.39 is 12.2 Å². The number of hydrogen-bond acceptors (Lipinski definition) is 4. The van der Waals surface area contributed by atoms with E-state index in [4.69, 9.17) is 4.74 Å². The second kappa shape index (κ2) is 7.04. The number of aliphatic hydroxyl groups is 2. The van der Waals surface area contributed by atoms with E-state index in [0.29, 0.717) is 18.8 Å². The largest absolute Gasteiger partial charge is 0.458 e. The Morgan fingerprint density at radius 1 is 1.41 bits per heavy atom. The number of unbranched alkanes of at least 4 members (excludes halogenated alkanes) is 1. The summed E-state index contributed by atoms with van der Waals surface area (Å²) in [5.74, 6) is 0.499. The molecule has 0 radical (unpaired) electrons. The summed E-state index contributed by atoms with van der Waals surface area (Å²) in [6.07, 6.45) is 12.2. The predicted octanol–water partition coefficient (Wildman–Crippen LogP) is 4.06. The number of allylic oxidation sites excluding steroid dienone is 1. The fourth-order valence-corrected chi connectivity index (χ4v) is 6.51. The summed E-state index contributed by atoms with van der Waals surface area (Å²) < 4.78 is 5.91. The van der Waals surface area contributed by atoms with Crippen LogP contribution in [-0.2, 0) is 9.53 Å². The van der Waals surface area contributed by atoms with Crippen LogP contribution in [0.3, 0.4) is 0 Å². The number of rotatable bonds is 4. The minimum Gasteiger partial charge on any atom is -0.458 e. The van der Waals surface area contributed by atoms with Crippen LogP contribution in [0.5, 0.6) is 0 Å². The number of carbonyl (C=O) groups excluding carboxylic acids is 1. The first kappa shape index (κ1) is 19.2. The summed E-state index contributed by atoms with van der Waals surface area (Å²) in [6, 6.07) is 0. The van der Waals surface area contributed by atoms with Crippen LogP contribution in [0, 0.1) is 17.3 Å². The van der Waals surface area contributed by atoms with Gasteiger partial charge in [-0.3, -0.25) is 4.79 Å². The van der Waals surface area contributed by atoms with Crippen molar-refractivity contribution in [3.63, 3.8) is 0 Å². The molecule has 3 fully saturated rings. The van der Waals surface area contributed by atoms with Crippen molar-refractivity contribution in [2.24, 2.45) is 17.3 Å². The van der Waals surface area contributed by atoms with Crippen LogP contribution in [0.4, 0.5) is 0 Å². The molecule has 3 aliphatic carbocycles. The van der Waals surface area contributed by atoms with Gasteiger partial charge in [0.1, 0.15) is 5.60 Å². The zero-order chi connectivity index (χ0) is 19.2. The molecule has 2 N–H and O–H groups in total. The van der Waals surface area contributed by atoms with Crippen molar-refractivity contribution < 1.29 is 19.7 Å². The van der Waals surface area contributed by atoms with Gasteiger partial charge in [-0.15, -0.1) is 0 Å². The van der Waals surface area contributed by atoms with Gasteiger partial charge in [0.15, 0.2) is 0 Å². The van der Waals surface area contributed by atoms with E-state index in [9.17, 15) is 15.0 Å². The highest BCUT2D eigenvalue weighted by Crippen LogP contribution is 2.65. The van der Waals surface area contributed by atoms with Gasteiger partial charge < -0.3 is 14.9 Å². The van der Waals surface area contributed by atoms with Gasteiger partial charge in [-0.2, -0.15) is 0 Å². The molecular formula is C23H34O4. The summed E-state index contributed by atoms with van der Waals surface area (Å²) in [7, 11) is 0. The Kier molecular flexibility index (Phi) is 5.00. The number of ether oxygens (including phenoxy) is 1. The molecule has 4 nitrogen and oxygen atoms in total. The quantitative estimate of drug-likeness (QED) is 0.575. The summed E-state index contributed by atoms with van der Waals surface area (Å²) in [5, 5.41) is 21.3. The molecule has 1 saturated heterocycles. The normalized spacial score (nSPS) is 43.4. The van der Waals surface area contributed by atoms with Gasteiger partial charge in [-0.25, -0.2) is 0 Å². The van der Waals surface area contributed by atoms with Crippen LogP contribution in [0.2, 0.25) is 0 Å². The average Bonchev–Trinajstić information content (AvgIpc) is 3.14. The first-order valence-electron chi connectivity index (χ1n) is 10.8. The average molecular weight is 375 g/mol. The zero-order valence-electron chi connectivity index (χ0n) is 16.7. The second-order valence-electron chi connectivity index (χ2n) is 9.52. The van der Waals surface area contributed by atoms with Crippen molar-refractivity contribution in [3.8, 4) is 0 Å². The number of carbonyl (C=O) groups is 1. The van der Waals surface area contributed by atoms with E-state index in [-0.39, 0.29) is 22.9 Å². The lowest BCUT2D eigenvalue weighted by atomic mass is 9.56. The molecule has 0 aromatic rings. The van der Waals surface area contributed by atoms with Crippen molar-refractivity contribution >= 4 is 5.97 Å². The third-order valence-corrected chi connectivity index (χ3v) is 8.01. The van der Waals surface area contributed by atoms with E-state index in [2.05, 4.69) is 19.9 Å². The molecular weight excluding hydrogens is 340 g/mol. The highest BCUT2D eigenvalue weighted by Gasteiger charge is 2.64. The smallest absolute Gasteiger partial charge is 0.306 e. The maximum Gasteiger partial charge on any atom is 0.306 e. The maximum absolute atomic E-state index is 11.9. The van der Waals surface area contributed by atoms with Crippen LogP contribution in [0.15, 0.2) is 23.3 Å². The van der Waals surface area contributed by atoms with Crippen LogP contribution < -0.4 is 0 Å². The fraction of sp³-hybridized carbons (Fsp3) is 0.783. The van der Waals surface area contributed by atoms with E-state index in [1.165, 1.54) is 11.1 Å². The zero-order valence-corrected chi connectivity index (χ0v) is 16.7. The van der Waals surface area contributed by atoms with Crippen molar-refractivity contribution in [3.05, 3.63) is 23.3 Å². The molecule has 1 aliphatic heterocycles. The number of esters is 1. The van der Waals surface area contributed by atoms with Crippen molar-refractivity contribution in [1.82, 2.24) is 0 Å². The van der Waals surface area contributed by atoms with Crippen molar-refractivity contribution in [2.75, 3.05) is 0 Å². The molecule has 0 aromatic heterocycles. The summed E-state index contributed by atoms with van der Waals surface area (Å²) >= 11 is 0. The van der Waals surface area contributed by atoms with E-state index >= 15 is 0 Å². The molecule has 2 saturated carbocycles. The molecule has 27 heavy (non-hydrogen) atoms. The molecule has 150 valence electrons. The first-order chi connectivity index (χ1) is 12.9. The van der Waals surface area contributed by atoms with Crippen molar-refractivity contribution in [2.45, 2.75) is 95.9 Å². The number of hydrogen-bond donors (Lipinski definition) is 2. The summed E-state index contributed by atoms with van der Waals surface area (Å²) in [5.41, 5.74) is 2.14. The molecule has 4 rings (SSSR count). The topological polar surface area (TPSA) is 66.8 Å². The van der Waals surface area contributed by atoms with E-state index in [1.807, 2.05) is 6.08 Å². The molecule has 1 spiro atoms. The summed E-state index contributed by atoms with van der Waals surface area (Å²) in [6.45, 7) is 4.41. The molecule has 1 heterocycles. The number of fused-ring (bicyclic) bond motifs is 4. The molecule has 4 unspecified atom stereocenters. The Morgan fingerprint density at radius 2 is 2.22 bits per heavy atom. The lowest BCUT2D eigenvalue weighted by Crippen LogP contribution is -2.50. The van der Waals surface area contributed by atoms with Gasteiger partial charge in [0, 0.05) is 17.8 Å². The molecule has 6 atom stereocenters. The van der Waals surface area contributed by atoms with Crippen LogP contribution in [-0.4, -0.2) is 34.0 Å². The monoisotopic (exact) mass is 374 g/mol. The Balaban J connectivity index is 1.55. The first-order valence-corrected chi connectivity index (χ1v) is 10.8. The maximum atomic E-state index is 11.9. The second-order valence-corrected chi connectivity index (χ2v) is 9.52. The Labute approximate surface area is 162 Å².